The van der Waals surface area contributed by atoms with Crippen molar-refractivity contribution in [3.05, 3.63) is 15.0 Å². The van der Waals surface area contributed by atoms with E-state index in [1.54, 1.807) is 0 Å². The lowest BCUT2D eigenvalue weighted by Gasteiger charge is -2.03. The highest BCUT2D eigenvalue weighted by Gasteiger charge is 2.30. The summed E-state index contributed by atoms with van der Waals surface area (Å²) >= 11 is 0.848. The molecule has 70 valence electrons. The molecule has 0 aliphatic heterocycles. The van der Waals surface area contributed by atoms with Crippen LogP contribution >= 0.6 is 11.3 Å². The van der Waals surface area contributed by atoms with E-state index in [1.165, 1.54) is 5.38 Å². The van der Waals surface area contributed by atoms with E-state index < -0.39 is 0 Å². The number of aromatic nitrogens is 1. The zero-order valence-electron chi connectivity index (χ0n) is 6.69. The van der Waals surface area contributed by atoms with E-state index in [4.69, 9.17) is 5.11 Å². The maximum Gasteiger partial charge on any atom is 0.329 e. The minimum Gasteiger partial charge on any atom is -0.493 e. The van der Waals surface area contributed by atoms with Gasteiger partial charge in [0, 0.05) is 5.92 Å². The minimum atomic E-state index is -0.383. The van der Waals surface area contributed by atoms with Crippen LogP contribution in [0.1, 0.15) is 12.8 Å². The van der Waals surface area contributed by atoms with Crippen LogP contribution in [-0.2, 0) is 4.79 Å². The molecular formula is C7H8N2O3S. The first kappa shape index (κ1) is 8.31. The van der Waals surface area contributed by atoms with Gasteiger partial charge in [0.1, 0.15) is 0 Å². The standard InChI is InChI=1S/C7H8N2O3S/c10-5-3-13-7(12)9(5)8-6(11)4-1-2-4/h3-4,10H,1-2H2,(H,8,11). The second kappa shape index (κ2) is 2.88. The molecule has 0 spiro atoms. The third-order valence-corrected chi connectivity index (χ3v) is 2.56. The predicted molar refractivity (Wildman–Crippen MR) is 47.3 cm³/mol. The van der Waals surface area contributed by atoms with Crippen LogP contribution in [0.25, 0.3) is 0 Å². The lowest BCUT2D eigenvalue weighted by Crippen LogP contribution is -2.30. The Kier molecular flexibility index (Phi) is 1.84. The summed E-state index contributed by atoms with van der Waals surface area (Å²) in [5.74, 6) is -0.397. The Morgan fingerprint density at radius 3 is 2.85 bits per heavy atom. The zero-order chi connectivity index (χ0) is 9.42. The van der Waals surface area contributed by atoms with Gasteiger partial charge in [-0.05, 0) is 12.8 Å². The van der Waals surface area contributed by atoms with Crippen LogP contribution in [0.2, 0.25) is 0 Å². The van der Waals surface area contributed by atoms with E-state index in [0.29, 0.717) is 0 Å². The maximum absolute atomic E-state index is 11.2. The summed E-state index contributed by atoms with van der Waals surface area (Å²) in [7, 11) is 0. The van der Waals surface area contributed by atoms with Crippen molar-refractivity contribution in [2.75, 3.05) is 5.43 Å². The largest absolute Gasteiger partial charge is 0.493 e. The molecule has 1 amide bonds. The molecular weight excluding hydrogens is 192 g/mol. The van der Waals surface area contributed by atoms with E-state index in [-0.39, 0.29) is 22.6 Å². The number of hydrogen-bond acceptors (Lipinski definition) is 4. The van der Waals surface area contributed by atoms with Gasteiger partial charge in [0.15, 0.2) is 0 Å². The fourth-order valence-electron chi connectivity index (χ4n) is 0.952. The summed E-state index contributed by atoms with van der Waals surface area (Å²) in [4.78, 5) is 21.8. The second-order valence-corrected chi connectivity index (χ2v) is 3.77. The van der Waals surface area contributed by atoms with Gasteiger partial charge in [-0.15, -0.1) is 0 Å². The average molecular weight is 200 g/mol. The van der Waals surface area contributed by atoms with Crippen LogP contribution in [0.3, 0.4) is 0 Å². The quantitative estimate of drug-likeness (QED) is 0.711. The third kappa shape index (κ3) is 1.57. The van der Waals surface area contributed by atoms with Gasteiger partial charge in [-0.3, -0.25) is 15.0 Å². The lowest BCUT2D eigenvalue weighted by molar-refractivity contribution is -0.118. The number of carbonyl (C=O) groups is 1. The molecule has 1 aliphatic rings. The van der Waals surface area contributed by atoms with Crippen molar-refractivity contribution < 1.29 is 9.90 Å². The smallest absolute Gasteiger partial charge is 0.329 e. The molecule has 2 N–H and O–H groups in total. The summed E-state index contributed by atoms with van der Waals surface area (Å²) in [5, 5.41) is 10.4. The van der Waals surface area contributed by atoms with Crippen molar-refractivity contribution in [2.24, 2.45) is 5.92 Å². The number of nitrogens with one attached hydrogen (secondary N) is 1. The molecule has 0 bridgehead atoms. The van der Waals surface area contributed by atoms with E-state index >= 15 is 0 Å². The number of thiazole rings is 1. The van der Waals surface area contributed by atoms with Crippen LogP contribution in [-0.4, -0.2) is 15.7 Å². The topological polar surface area (TPSA) is 71.3 Å². The molecule has 0 atom stereocenters. The highest BCUT2D eigenvalue weighted by Crippen LogP contribution is 2.29. The lowest BCUT2D eigenvalue weighted by atomic mass is 10.4. The molecule has 1 fully saturated rings. The summed E-state index contributed by atoms with van der Waals surface area (Å²) in [6.07, 6.45) is 1.73. The van der Waals surface area contributed by atoms with Crippen molar-refractivity contribution in [3.8, 4) is 5.88 Å². The zero-order valence-corrected chi connectivity index (χ0v) is 7.50. The number of aromatic hydroxyl groups is 1. The summed E-state index contributed by atoms with van der Waals surface area (Å²) in [5.41, 5.74) is 2.35. The molecule has 0 unspecified atom stereocenters. The molecule has 1 saturated carbocycles. The van der Waals surface area contributed by atoms with E-state index in [9.17, 15) is 9.59 Å². The SMILES string of the molecule is O=C(Nn1c(O)csc1=O)C1CC1. The Labute approximate surface area is 77.6 Å². The van der Waals surface area contributed by atoms with Gasteiger partial charge in [0.05, 0.1) is 5.38 Å². The Balaban J connectivity index is 2.16. The highest BCUT2D eigenvalue weighted by atomic mass is 32.1. The summed E-state index contributed by atoms with van der Waals surface area (Å²) in [6, 6.07) is 0. The Morgan fingerprint density at radius 1 is 1.69 bits per heavy atom. The maximum atomic E-state index is 11.2. The monoisotopic (exact) mass is 200 g/mol. The fourth-order valence-corrected chi connectivity index (χ4v) is 1.51. The van der Waals surface area contributed by atoms with Crippen LogP contribution in [0, 0.1) is 5.92 Å². The number of rotatable bonds is 2. The number of nitrogens with zero attached hydrogens (tertiary/aromatic N) is 1. The van der Waals surface area contributed by atoms with Gasteiger partial charge in [-0.2, -0.15) is 4.68 Å². The summed E-state index contributed by atoms with van der Waals surface area (Å²) < 4.78 is 0.866. The molecule has 0 radical (unpaired) electrons. The van der Waals surface area contributed by atoms with Crippen LogP contribution in [0.4, 0.5) is 0 Å². The van der Waals surface area contributed by atoms with Gasteiger partial charge in [-0.1, -0.05) is 11.3 Å². The van der Waals surface area contributed by atoms with Crippen molar-refractivity contribution in [2.45, 2.75) is 12.8 Å². The molecule has 2 rings (SSSR count). The van der Waals surface area contributed by atoms with Crippen LogP contribution in [0.5, 0.6) is 5.88 Å². The van der Waals surface area contributed by atoms with E-state index in [1.807, 2.05) is 0 Å². The Morgan fingerprint density at radius 2 is 2.38 bits per heavy atom. The summed E-state index contributed by atoms with van der Waals surface area (Å²) in [6.45, 7) is 0. The molecule has 0 aromatic carbocycles. The van der Waals surface area contributed by atoms with Gasteiger partial charge >= 0.3 is 4.87 Å². The Bertz CT molecular complexity index is 391. The first-order valence-electron chi connectivity index (χ1n) is 3.89. The predicted octanol–water partition coefficient (Wildman–Crippen LogP) is 0.0955. The average Bonchev–Trinajstić information content (AvgIpc) is 2.88. The number of hydrogen-bond donors (Lipinski definition) is 2. The number of carbonyl (C=O) groups excluding carboxylic acids is 1. The van der Waals surface area contributed by atoms with Gasteiger partial charge in [0.2, 0.25) is 11.8 Å². The number of amides is 1. The molecule has 1 aliphatic carbocycles. The highest BCUT2D eigenvalue weighted by molar-refractivity contribution is 7.07. The molecule has 1 aromatic heterocycles. The van der Waals surface area contributed by atoms with E-state index in [0.717, 1.165) is 28.9 Å². The van der Waals surface area contributed by atoms with Crippen LogP contribution < -0.4 is 10.3 Å². The van der Waals surface area contributed by atoms with Crippen LogP contribution in [0.15, 0.2) is 10.2 Å². The second-order valence-electron chi connectivity index (χ2n) is 2.95. The van der Waals surface area contributed by atoms with Crippen molar-refractivity contribution in [1.82, 2.24) is 4.68 Å². The Hall–Kier alpha value is -1.30. The molecule has 1 aromatic rings. The molecule has 5 nitrogen and oxygen atoms in total. The minimum absolute atomic E-state index is 0.0196. The first-order chi connectivity index (χ1) is 6.18. The molecule has 13 heavy (non-hydrogen) atoms. The first-order valence-corrected chi connectivity index (χ1v) is 4.77. The van der Waals surface area contributed by atoms with Crippen molar-refractivity contribution in [1.29, 1.82) is 0 Å². The van der Waals surface area contributed by atoms with Gasteiger partial charge in [-0.25, -0.2) is 0 Å². The van der Waals surface area contributed by atoms with Crippen molar-refractivity contribution >= 4 is 17.2 Å². The molecule has 0 saturated heterocycles. The van der Waals surface area contributed by atoms with E-state index in [2.05, 4.69) is 5.43 Å². The molecule has 1 heterocycles. The van der Waals surface area contributed by atoms with Gasteiger partial charge < -0.3 is 5.11 Å². The van der Waals surface area contributed by atoms with Gasteiger partial charge in [0.25, 0.3) is 0 Å². The fraction of sp³-hybridized carbons (Fsp3) is 0.429. The van der Waals surface area contributed by atoms with Crippen molar-refractivity contribution in [3.63, 3.8) is 0 Å². The third-order valence-electron chi connectivity index (χ3n) is 1.85. The normalized spacial score (nSPS) is 15.7. The molecule has 6 heteroatoms.